The second-order valence-electron chi connectivity index (χ2n) is 6.40. The van der Waals surface area contributed by atoms with Gasteiger partial charge >= 0.3 is 0 Å². The highest BCUT2D eigenvalue weighted by Gasteiger charge is 2.35. The molecule has 2 fully saturated rings. The summed E-state index contributed by atoms with van der Waals surface area (Å²) in [5, 5.41) is 3.15. The van der Waals surface area contributed by atoms with Crippen LogP contribution in [0, 0.1) is 11.3 Å². The third kappa shape index (κ3) is 3.25. The van der Waals surface area contributed by atoms with Crippen LogP contribution in [0.5, 0.6) is 0 Å². The van der Waals surface area contributed by atoms with Crippen LogP contribution in [0.1, 0.15) is 64.7 Å². The molecule has 3 N–H and O–H groups in total. The molecule has 2 unspecified atom stereocenters. The fourth-order valence-corrected chi connectivity index (χ4v) is 3.42. The first kappa shape index (κ1) is 13.9. The van der Waals surface area contributed by atoms with E-state index >= 15 is 0 Å². The van der Waals surface area contributed by atoms with E-state index in [-0.39, 0.29) is 11.9 Å². The molecule has 0 aliphatic heterocycles. The Morgan fingerprint density at radius 1 is 1.28 bits per heavy atom. The van der Waals surface area contributed by atoms with Crippen molar-refractivity contribution in [3.05, 3.63) is 0 Å². The van der Waals surface area contributed by atoms with E-state index < -0.39 is 0 Å². The van der Waals surface area contributed by atoms with E-state index in [9.17, 15) is 4.79 Å². The van der Waals surface area contributed by atoms with E-state index in [1.807, 2.05) is 0 Å². The first-order valence-electron chi connectivity index (χ1n) is 7.67. The van der Waals surface area contributed by atoms with Gasteiger partial charge in [0.15, 0.2) is 0 Å². The number of amides is 1. The van der Waals surface area contributed by atoms with E-state index in [1.54, 1.807) is 0 Å². The molecule has 0 aromatic rings. The van der Waals surface area contributed by atoms with Gasteiger partial charge in [0.05, 0.1) is 0 Å². The highest BCUT2D eigenvalue weighted by Crippen LogP contribution is 2.43. The first-order chi connectivity index (χ1) is 8.65. The highest BCUT2D eigenvalue weighted by molar-refractivity contribution is 5.76. The van der Waals surface area contributed by atoms with Crippen LogP contribution >= 0.6 is 0 Å². The number of carbonyl (C=O) groups excluding carboxylic acids is 1. The van der Waals surface area contributed by atoms with Gasteiger partial charge in [-0.1, -0.05) is 26.2 Å². The van der Waals surface area contributed by atoms with Crippen molar-refractivity contribution in [2.45, 2.75) is 70.8 Å². The molecule has 3 nitrogen and oxygen atoms in total. The standard InChI is InChI=1S/C15H28N2O/c1-2-15(8-5-9-15)11-17-14(18)10-12-6-3-4-7-13(12)16/h12-13H,2-11,16H2,1H3,(H,17,18). The van der Waals surface area contributed by atoms with Gasteiger partial charge in [-0.05, 0) is 43.4 Å². The Morgan fingerprint density at radius 3 is 2.56 bits per heavy atom. The van der Waals surface area contributed by atoms with Crippen LogP contribution in [0.2, 0.25) is 0 Å². The lowest BCUT2D eigenvalue weighted by molar-refractivity contribution is -0.123. The van der Waals surface area contributed by atoms with Crippen LogP contribution in [-0.2, 0) is 4.79 Å². The number of hydrogen-bond acceptors (Lipinski definition) is 2. The third-order valence-corrected chi connectivity index (χ3v) is 5.24. The van der Waals surface area contributed by atoms with Crippen molar-refractivity contribution < 1.29 is 4.79 Å². The Labute approximate surface area is 111 Å². The van der Waals surface area contributed by atoms with Gasteiger partial charge in [-0.15, -0.1) is 0 Å². The van der Waals surface area contributed by atoms with Gasteiger partial charge in [-0.25, -0.2) is 0 Å². The average molecular weight is 252 g/mol. The van der Waals surface area contributed by atoms with E-state index in [2.05, 4.69) is 12.2 Å². The fourth-order valence-electron chi connectivity index (χ4n) is 3.42. The Morgan fingerprint density at radius 2 is 2.00 bits per heavy atom. The summed E-state index contributed by atoms with van der Waals surface area (Å²) in [6.45, 7) is 3.12. The maximum atomic E-state index is 12.0. The van der Waals surface area contributed by atoms with Gasteiger partial charge < -0.3 is 11.1 Å². The molecule has 104 valence electrons. The van der Waals surface area contributed by atoms with E-state index in [0.717, 1.165) is 19.4 Å². The second-order valence-corrected chi connectivity index (χ2v) is 6.40. The molecule has 0 heterocycles. The Kier molecular flexibility index (Phi) is 4.66. The van der Waals surface area contributed by atoms with Crippen LogP contribution in [0.15, 0.2) is 0 Å². The Hall–Kier alpha value is -0.570. The van der Waals surface area contributed by atoms with E-state index in [4.69, 9.17) is 5.73 Å². The van der Waals surface area contributed by atoms with Crippen molar-refractivity contribution in [2.75, 3.05) is 6.54 Å². The van der Waals surface area contributed by atoms with Crippen molar-refractivity contribution in [1.82, 2.24) is 5.32 Å². The van der Waals surface area contributed by atoms with Crippen molar-refractivity contribution in [2.24, 2.45) is 17.1 Å². The normalized spacial score (nSPS) is 30.6. The molecule has 1 amide bonds. The number of rotatable bonds is 5. The summed E-state index contributed by atoms with van der Waals surface area (Å²) in [6, 6.07) is 0.244. The molecule has 2 aliphatic carbocycles. The molecule has 0 aromatic carbocycles. The number of carbonyl (C=O) groups is 1. The van der Waals surface area contributed by atoms with Gasteiger partial charge in [0.25, 0.3) is 0 Å². The number of hydrogen-bond donors (Lipinski definition) is 2. The molecule has 0 spiro atoms. The maximum Gasteiger partial charge on any atom is 0.220 e. The largest absolute Gasteiger partial charge is 0.356 e. The molecule has 2 atom stereocenters. The molecule has 0 bridgehead atoms. The molecule has 0 aromatic heterocycles. The summed E-state index contributed by atoms with van der Waals surface area (Å²) in [7, 11) is 0. The van der Waals surface area contributed by atoms with Crippen molar-refractivity contribution >= 4 is 5.91 Å². The molecular weight excluding hydrogens is 224 g/mol. The quantitative estimate of drug-likeness (QED) is 0.790. The molecule has 2 aliphatic rings. The molecule has 0 radical (unpaired) electrons. The molecular formula is C15H28N2O. The SMILES string of the molecule is CCC1(CNC(=O)CC2CCCCC2N)CCC1. The molecule has 0 saturated heterocycles. The van der Waals surface area contributed by atoms with Crippen LogP contribution in [-0.4, -0.2) is 18.5 Å². The summed E-state index contributed by atoms with van der Waals surface area (Å²) in [4.78, 5) is 12.0. The third-order valence-electron chi connectivity index (χ3n) is 5.24. The maximum absolute atomic E-state index is 12.0. The Balaban J connectivity index is 1.71. The van der Waals surface area contributed by atoms with Gasteiger partial charge in [-0.3, -0.25) is 4.79 Å². The molecule has 18 heavy (non-hydrogen) atoms. The lowest BCUT2D eigenvalue weighted by Crippen LogP contribution is -2.43. The zero-order valence-corrected chi connectivity index (χ0v) is 11.7. The van der Waals surface area contributed by atoms with E-state index in [0.29, 0.717) is 17.8 Å². The molecule has 2 rings (SSSR count). The second kappa shape index (κ2) is 6.05. The minimum Gasteiger partial charge on any atom is -0.356 e. The van der Waals surface area contributed by atoms with Crippen molar-refractivity contribution in [3.63, 3.8) is 0 Å². The summed E-state index contributed by atoms with van der Waals surface area (Å²) in [5.74, 6) is 0.634. The van der Waals surface area contributed by atoms with Gasteiger partial charge in [0, 0.05) is 19.0 Å². The van der Waals surface area contributed by atoms with Gasteiger partial charge in [-0.2, -0.15) is 0 Å². The van der Waals surface area contributed by atoms with Crippen molar-refractivity contribution in [1.29, 1.82) is 0 Å². The lowest BCUT2D eigenvalue weighted by Gasteiger charge is -2.41. The summed E-state index contributed by atoms with van der Waals surface area (Å²) >= 11 is 0. The predicted molar refractivity (Wildman–Crippen MR) is 74.1 cm³/mol. The van der Waals surface area contributed by atoms with Gasteiger partial charge in [0.1, 0.15) is 0 Å². The van der Waals surface area contributed by atoms with Crippen molar-refractivity contribution in [3.8, 4) is 0 Å². The molecule has 3 heteroatoms. The van der Waals surface area contributed by atoms with Crippen LogP contribution in [0.4, 0.5) is 0 Å². The van der Waals surface area contributed by atoms with Crippen LogP contribution in [0.3, 0.4) is 0 Å². The van der Waals surface area contributed by atoms with Gasteiger partial charge in [0.2, 0.25) is 5.91 Å². The minimum atomic E-state index is 0.220. The number of nitrogens with one attached hydrogen (secondary N) is 1. The smallest absolute Gasteiger partial charge is 0.220 e. The zero-order valence-electron chi connectivity index (χ0n) is 11.7. The number of nitrogens with two attached hydrogens (primary N) is 1. The summed E-state index contributed by atoms with van der Waals surface area (Å²) < 4.78 is 0. The summed E-state index contributed by atoms with van der Waals surface area (Å²) in [5.41, 5.74) is 6.51. The lowest BCUT2D eigenvalue weighted by atomic mass is 9.67. The average Bonchev–Trinajstić information content (AvgIpc) is 2.31. The minimum absolute atomic E-state index is 0.220. The Bertz CT molecular complexity index is 281. The fraction of sp³-hybridized carbons (Fsp3) is 0.933. The monoisotopic (exact) mass is 252 g/mol. The zero-order chi connectivity index (χ0) is 13.0. The molecule has 2 saturated carbocycles. The highest BCUT2D eigenvalue weighted by atomic mass is 16.1. The van der Waals surface area contributed by atoms with E-state index in [1.165, 1.54) is 38.5 Å². The predicted octanol–water partition coefficient (Wildman–Crippen LogP) is 2.59. The topological polar surface area (TPSA) is 55.1 Å². The van der Waals surface area contributed by atoms with Crippen LogP contribution < -0.4 is 11.1 Å². The first-order valence-corrected chi connectivity index (χ1v) is 7.67. The summed E-state index contributed by atoms with van der Waals surface area (Å²) in [6.07, 6.45) is 10.4. The van der Waals surface area contributed by atoms with Crippen LogP contribution in [0.25, 0.3) is 0 Å².